The fraction of sp³-hybridized carbons (Fsp3) is 0.361. The number of aliphatic hydroxyl groups is 1. The third-order valence-electron chi connectivity index (χ3n) is 8.63. The van der Waals surface area contributed by atoms with Gasteiger partial charge < -0.3 is 41.6 Å². The molecule has 0 aromatic heterocycles. The Morgan fingerprint density at radius 2 is 1.49 bits per heavy atom. The van der Waals surface area contributed by atoms with Crippen LogP contribution in [0, 0.1) is 5.92 Å². The highest BCUT2D eigenvalue weighted by Crippen LogP contribution is 2.44. The van der Waals surface area contributed by atoms with E-state index >= 15 is 0 Å². The number of primary amides is 1. The molecule has 1 aliphatic carbocycles. The minimum atomic E-state index is -1.49. The van der Waals surface area contributed by atoms with E-state index in [2.05, 4.69) is 26.0 Å². The quantitative estimate of drug-likeness (QED) is 0.104. The van der Waals surface area contributed by atoms with Gasteiger partial charge in [-0.25, -0.2) is 14.4 Å². The molecule has 3 aromatic carbocycles. The van der Waals surface area contributed by atoms with E-state index in [1.165, 1.54) is 24.3 Å². The van der Waals surface area contributed by atoms with E-state index in [1.54, 1.807) is 0 Å². The second kappa shape index (κ2) is 17.1. The van der Waals surface area contributed by atoms with Crippen LogP contribution in [0.3, 0.4) is 0 Å². The summed E-state index contributed by atoms with van der Waals surface area (Å²) in [6, 6.07) is 19.1. The lowest BCUT2D eigenvalue weighted by molar-refractivity contribution is -0.150. The van der Waals surface area contributed by atoms with Gasteiger partial charge in [0, 0.05) is 18.2 Å². The number of aliphatic hydroxyl groups excluding tert-OH is 1. The van der Waals surface area contributed by atoms with Crippen LogP contribution in [-0.4, -0.2) is 67.4 Å². The number of hydrogen-bond donors (Lipinski definition) is 6. The second-order valence-corrected chi connectivity index (χ2v) is 11.9. The molecule has 0 radical (unpaired) electrons. The first-order chi connectivity index (χ1) is 23.5. The van der Waals surface area contributed by atoms with Crippen molar-refractivity contribution < 1.29 is 38.6 Å². The Morgan fingerprint density at radius 3 is 2.06 bits per heavy atom. The number of fused-ring (bicyclic) bond motifs is 3. The minimum absolute atomic E-state index is 0.0715. The average molecular weight is 674 g/mol. The van der Waals surface area contributed by atoms with Crippen LogP contribution in [0.2, 0.25) is 0 Å². The molecule has 0 fully saturated rings. The van der Waals surface area contributed by atoms with Gasteiger partial charge in [-0.2, -0.15) is 0 Å². The number of anilines is 1. The Morgan fingerprint density at radius 1 is 0.878 bits per heavy atom. The van der Waals surface area contributed by atoms with Crippen molar-refractivity contribution in [2.24, 2.45) is 11.7 Å². The topological polar surface area (TPSA) is 198 Å². The highest BCUT2D eigenvalue weighted by molar-refractivity contribution is 5.98. The van der Waals surface area contributed by atoms with Gasteiger partial charge in [-0.3, -0.25) is 9.59 Å². The number of nitrogens with two attached hydrogens (primary N) is 1. The molecule has 1 aliphatic rings. The second-order valence-electron chi connectivity index (χ2n) is 11.9. The first-order valence-electron chi connectivity index (χ1n) is 16.2. The number of esters is 1. The highest BCUT2D eigenvalue weighted by atomic mass is 16.5. The number of nitrogens with one attached hydrogen (secondary N) is 4. The zero-order valence-electron chi connectivity index (χ0n) is 27.7. The van der Waals surface area contributed by atoms with Gasteiger partial charge >= 0.3 is 18.1 Å². The summed E-state index contributed by atoms with van der Waals surface area (Å²) in [6.45, 7) is 3.93. The molecule has 4 atom stereocenters. The monoisotopic (exact) mass is 673 g/mol. The molecule has 0 aliphatic heterocycles. The van der Waals surface area contributed by atoms with Gasteiger partial charge in [-0.15, -0.1) is 0 Å². The predicted molar refractivity (Wildman–Crippen MR) is 182 cm³/mol. The lowest BCUT2D eigenvalue weighted by atomic mass is 9.97. The highest BCUT2D eigenvalue weighted by Gasteiger charge is 2.32. The van der Waals surface area contributed by atoms with E-state index in [0.717, 1.165) is 29.4 Å². The van der Waals surface area contributed by atoms with E-state index in [9.17, 15) is 29.1 Å². The van der Waals surface area contributed by atoms with Crippen molar-refractivity contribution in [1.82, 2.24) is 16.0 Å². The maximum Gasteiger partial charge on any atom is 0.407 e. The number of carbonyl (C=O) groups excluding carboxylic acids is 5. The summed E-state index contributed by atoms with van der Waals surface area (Å²) < 4.78 is 10.2. The number of alkyl carbamates (subject to hydrolysis) is 1. The van der Waals surface area contributed by atoms with Crippen LogP contribution in [0.5, 0.6) is 0 Å². The molecule has 0 bridgehead atoms. The molecule has 0 saturated heterocycles. The molecule has 0 saturated carbocycles. The molecule has 260 valence electrons. The summed E-state index contributed by atoms with van der Waals surface area (Å²) in [7, 11) is 1.16. The van der Waals surface area contributed by atoms with Gasteiger partial charge in [-0.05, 0) is 58.7 Å². The third kappa shape index (κ3) is 9.35. The fourth-order valence-corrected chi connectivity index (χ4v) is 5.74. The summed E-state index contributed by atoms with van der Waals surface area (Å²) in [4.78, 5) is 63.0. The molecule has 13 heteroatoms. The largest absolute Gasteiger partial charge is 0.467 e. The Kier molecular flexibility index (Phi) is 12.7. The van der Waals surface area contributed by atoms with Crippen molar-refractivity contribution in [1.29, 1.82) is 0 Å². The van der Waals surface area contributed by atoms with Crippen molar-refractivity contribution in [2.45, 2.75) is 57.2 Å². The smallest absolute Gasteiger partial charge is 0.407 e. The van der Waals surface area contributed by atoms with E-state index in [1.807, 2.05) is 62.4 Å². The van der Waals surface area contributed by atoms with E-state index in [4.69, 9.17) is 10.5 Å². The Balaban J connectivity index is 1.43. The van der Waals surface area contributed by atoms with Gasteiger partial charge in [-0.1, -0.05) is 80.9 Å². The van der Waals surface area contributed by atoms with E-state index in [0.29, 0.717) is 18.5 Å². The number of carbonyl (C=O) groups is 5. The first-order valence-corrected chi connectivity index (χ1v) is 16.2. The van der Waals surface area contributed by atoms with Crippen molar-refractivity contribution >= 4 is 35.6 Å². The van der Waals surface area contributed by atoms with Crippen LogP contribution in [-0.2, 0) is 23.9 Å². The minimum Gasteiger partial charge on any atom is -0.467 e. The van der Waals surface area contributed by atoms with Gasteiger partial charge in [0.2, 0.25) is 11.8 Å². The first kappa shape index (κ1) is 36.4. The molecule has 5 amide bonds. The van der Waals surface area contributed by atoms with Crippen LogP contribution in [0.25, 0.3) is 11.1 Å². The Bertz CT molecular complexity index is 1600. The predicted octanol–water partition coefficient (Wildman–Crippen LogP) is 3.72. The molecular formula is C36H43N5O8. The molecule has 0 heterocycles. The number of methoxy groups -OCH3 is 1. The zero-order chi connectivity index (χ0) is 35.5. The lowest BCUT2D eigenvalue weighted by Gasteiger charge is -2.26. The molecule has 0 spiro atoms. The summed E-state index contributed by atoms with van der Waals surface area (Å²) >= 11 is 0. The van der Waals surface area contributed by atoms with Gasteiger partial charge in [0.05, 0.1) is 7.11 Å². The van der Waals surface area contributed by atoms with Crippen molar-refractivity contribution in [2.75, 3.05) is 25.6 Å². The number of urea groups is 1. The number of amides is 5. The third-order valence-corrected chi connectivity index (χ3v) is 8.63. The zero-order valence-corrected chi connectivity index (χ0v) is 27.7. The summed E-state index contributed by atoms with van der Waals surface area (Å²) in [5.41, 5.74) is 10.1. The molecule has 13 nitrogen and oxygen atoms in total. The van der Waals surface area contributed by atoms with Crippen LogP contribution < -0.4 is 27.0 Å². The van der Waals surface area contributed by atoms with Gasteiger partial charge in [0.15, 0.2) is 6.10 Å². The van der Waals surface area contributed by atoms with Crippen molar-refractivity contribution in [3.8, 4) is 11.1 Å². The molecule has 49 heavy (non-hydrogen) atoms. The van der Waals surface area contributed by atoms with Crippen LogP contribution in [0.1, 0.15) is 61.8 Å². The van der Waals surface area contributed by atoms with Gasteiger partial charge in [0.25, 0.3) is 0 Å². The van der Waals surface area contributed by atoms with E-state index < -0.39 is 48.1 Å². The maximum absolute atomic E-state index is 13.7. The molecular weight excluding hydrogens is 630 g/mol. The average Bonchev–Trinajstić information content (AvgIpc) is 3.43. The number of rotatable bonds is 15. The summed E-state index contributed by atoms with van der Waals surface area (Å²) in [6.07, 6.45) is -1.26. The van der Waals surface area contributed by atoms with Crippen LogP contribution >= 0.6 is 0 Å². The normalized spacial score (nSPS) is 14.2. The molecule has 4 rings (SSSR count). The molecule has 7 N–H and O–H groups in total. The standard InChI is InChI=1S/C36H43N5O8/c1-4-21(2)30(41-36(47)49-20-28-26-12-7-5-10-24(26)25-11-6-8-13-27(25)28)33(44)40-29(14-9-19-38-35(37)46)32(43)39-23-17-15-22(16-18-23)31(42)34(45)48-3/h5-8,10-13,15-18,21,28-31,42H,4,9,14,19-20H2,1-3H3,(H,39,43)(H,40,44)(H,41,47)(H3,37,38,46)/t21?,29-,30?,31?/m0/s1. The lowest BCUT2D eigenvalue weighted by Crippen LogP contribution is -2.55. The van der Waals surface area contributed by atoms with Crippen molar-refractivity contribution in [3.05, 3.63) is 89.5 Å². The summed E-state index contributed by atoms with van der Waals surface area (Å²) in [5.74, 6) is -2.43. The number of ether oxygens (including phenoxy) is 2. The Hall–Kier alpha value is -5.43. The van der Waals surface area contributed by atoms with Crippen LogP contribution in [0.4, 0.5) is 15.3 Å². The summed E-state index contributed by atoms with van der Waals surface area (Å²) in [5, 5.41) is 20.7. The molecule has 3 unspecified atom stereocenters. The fourth-order valence-electron chi connectivity index (χ4n) is 5.74. The maximum atomic E-state index is 13.7. The SMILES string of the molecule is CCC(C)C(NC(=O)OCC1c2ccccc2-c2ccccc21)C(=O)N[C@@H](CCCNC(N)=O)C(=O)Nc1ccc(C(O)C(=O)OC)cc1. The number of hydrogen-bond acceptors (Lipinski definition) is 8. The Labute approximate surface area is 284 Å². The van der Waals surface area contributed by atoms with Gasteiger partial charge in [0.1, 0.15) is 18.7 Å². The van der Waals surface area contributed by atoms with E-state index in [-0.39, 0.29) is 37.0 Å². The molecule has 3 aromatic rings. The van der Waals surface area contributed by atoms with Crippen molar-refractivity contribution in [3.63, 3.8) is 0 Å². The van der Waals surface area contributed by atoms with Crippen LogP contribution in [0.15, 0.2) is 72.8 Å². The number of benzene rings is 3.